The van der Waals surface area contributed by atoms with Gasteiger partial charge < -0.3 is 10.6 Å². The average Bonchev–Trinajstić information content (AvgIpc) is 2.47. The van der Waals surface area contributed by atoms with Gasteiger partial charge in [0.05, 0.1) is 12.4 Å². The Labute approximate surface area is 112 Å². The molecule has 1 aliphatic carbocycles. The minimum Gasteiger partial charge on any atom is -0.364 e. The highest BCUT2D eigenvalue weighted by Gasteiger charge is 2.25. The van der Waals surface area contributed by atoms with Crippen LogP contribution in [0.2, 0.25) is 0 Å². The van der Waals surface area contributed by atoms with Gasteiger partial charge in [0.1, 0.15) is 5.70 Å². The van der Waals surface area contributed by atoms with Crippen molar-refractivity contribution in [2.75, 3.05) is 6.54 Å². The van der Waals surface area contributed by atoms with Crippen molar-refractivity contribution >= 4 is 12.2 Å². The van der Waals surface area contributed by atoms with E-state index < -0.39 is 5.91 Å². The number of hydrogen-bond acceptors (Lipinski definition) is 3. The Morgan fingerprint density at radius 3 is 2.95 bits per heavy atom. The zero-order valence-corrected chi connectivity index (χ0v) is 10.7. The number of hydrogen-bond donors (Lipinski definition) is 1. The largest absolute Gasteiger partial charge is 0.364 e. The van der Waals surface area contributed by atoms with Crippen LogP contribution in [0.5, 0.6) is 0 Å². The van der Waals surface area contributed by atoms with E-state index in [0.29, 0.717) is 18.3 Å². The number of benzene rings is 1. The van der Waals surface area contributed by atoms with Gasteiger partial charge in [-0.1, -0.05) is 24.3 Å². The minimum atomic E-state index is -0.458. The van der Waals surface area contributed by atoms with Crippen molar-refractivity contribution in [3.05, 3.63) is 47.2 Å². The second-order valence-corrected chi connectivity index (χ2v) is 5.00. The molecular formula is C15H17N3O. The molecule has 2 N–H and O–H groups in total. The second-order valence-electron chi connectivity index (χ2n) is 5.00. The molecule has 1 amide bonds. The van der Waals surface area contributed by atoms with Gasteiger partial charge in [0.15, 0.2) is 0 Å². The summed E-state index contributed by atoms with van der Waals surface area (Å²) in [5, 5.41) is 0. The van der Waals surface area contributed by atoms with Gasteiger partial charge in [-0.05, 0) is 36.5 Å². The lowest BCUT2D eigenvalue weighted by atomic mass is 9.87. The van der Waals surface area contributed by atoms with Crippen molar-refractivity contribution in [2.24, 2.45) is 10.7 Å². The number of aliphatic imine (C=N–C) groups is 1. The molecule has 1 aliphatic heterocycles. The van der Waals surface area contributed by atoms with E-state index in [2.05, 4.69) is 34.2 Å². The molecule has 19 heavy (non-hydrogen) atoms. The number of primary amides is 1. The van der Waals surface area contributed by atoms with Gasteiger partial charge in [0.25, 0.3) is 5.91 Å². The molecule has 3 rings (SSSR count). The molecule has 1 aromatic carbocycles. The van der Waals surface area contributed by atoms with Crippen LogP contribution in [0.15, 0.2) is 41.0 Å². The number of rotatable bonds is 2. The van der Waals surface area contributed by atoms with Crippen LogP contribution in [0.1, 0.15) is 30.0 Å². The van der Waals surface area contributed by atoms with Crippen LogP contribution in [0.25, 0.3) is 0 Å². The maximum Gasteiger partial charge on any atom is 0.267 e. The highest BCUT2D eigenvalue weighted by molar-refractivity contribution is 5.93. The number of nitrogens with zero attached hydrogens (tertiary/aromatic N) is 2. The Hall–Kier alpha value is -2.10. The Morgan fingerprint density at radius 2 is 2.21 bits per heavy atom. The summed E-state index contributed by atoms with van der Waals surface area (Å²) in [5.74, 6) is -0.458. The summed E-state index contributed by atoms with van der Waals surface area (Å²) < 4.78 is 0. The standard InChI is InChI=1S/C15H17N3O/c16-15(19)13-8-9-18(10-17-13)14-7-3-5-11-4-1-2-6-12(11)14/h1-2,4,6,8,10,14H,3,5,7,9H2,(H2,16,19)/t14-/m1/s1. The Balaban J connectivity index is 1.83. The van der Waals surface area contributed by atoms with Crippen molar-refractivity contribution in [1.82, 2.24) is 4.90 Å². The SMILES string of the molecule is NC(=O)C1=CCN([C@@H]2CCCc3ccccc32)C=N1. The summed E-state index contributed by atoms with van der Waals surface area (Å²) in [6.07, 6.45) is 7.04. The number of aryl methyl sites for hydroxylation is 1. The summed E-state index contributed by atoms with van der Waals surface area (Å²) in [4.78, 5) is 17.4. The number of nitrogens with two attached hydrogens (primary N) is 1. The molecule has 1 atom stereocenters. The number of carbonyl (C=O) groups is 1. The first-order valence-electron chi connectivity index (χ1n) is 6.63. The van der Waals surface area contributed by atoms with Crippen LogP contribution in [-0.4, -0.2) is 23.7 Å². The molecule has 0 unspecified atom stereocenters. The molecule has 98 valence electrons. The summed E-state index contributed by atoms with van der Waals surface area (Å²) in [6, 6.07) is 8.94. The van der Waals surface area contributed by atoms with Crippen molar-refractivity contribution in [3.8, 4) is 0 Å². The van der Waals surface area contributed by atoms with E-state index in [4.69, 9.17) is 5.73 Å². The number of carbonyl (C=O) groups excluding carboxylic acids is 1. The van der Waals surface area contributed by atoms with Crippen molar-refractivity contribution < 1.29 is 4.79 Å². The third kappa shape index (κ3) is 2.26. The minimum absolute atomic E-state index is 0.361. The maximum atomic E-state index is 11.1. The summed E-state index contributed by atoms with van der Waals surface area (Å²) in [6.45, 7) is 0.695. The fourth-order valence-corrected chi connectivity index (χ4v) is 2.87. The topological polar surface area (TPSA) is 58.7 Å². The fourth-order valence-electron chi connectivity index (χ4n) is 2.87. The van der Waals surface area contributed by atoms with Gasteiger partial charge >= 0.3 is 0 Å². The maximum absolute atomic E-state index is 11.1. The number of amides is 1. The van der Waals surface area contributed by atoms with Gasteiger partial charge in [-0.2, -0.15) is 0 Å². The molecule has 0 saturated heterocycles. The third-order valence-corrected chi connectivity index (χ3v) is 3.83. The van der Waals surface area contributed by atoms with Crippen LogP contribution in [-0.2, 0) is 11.2 Å². The zero-order valence-electron chi connectivity index (χ0n) is 10.7. The van der Waals surface area contributed by atoms with Gasteiger partial charge in [-0.25, -0.2) is 4.99 Å². The fraction of sp³-hybridized carbons (Fsp3) is 0.333. The zero-order chi connectivity index (χ0) is 13.2. The van der Waals surface area contributed by atoms with Crippen LogP contribution in [0, 0.1) is 0 Å². The lowest BCUT2D eigenvalue weighted by molar-refractivity contribution is -0.114. The molecule has 0 spiro atoms. The Kier molecular flexibility index (Phi) is 3.07. The van der Waals surface area contributed by atoms with Crippen molar-refractivity contribution in [3.63, 3.8) is 0 Å². The lowest BCUT2D eigenvalue weighted by Crippen LogP contribution is -2.33. The smallest absolute Gasteiger partial charge is 0.267 e. The van der Waals surface area contributed by atoms with Gasteiger partial charge in [-0.15, -0.1) is 0 Å². The first kappa shape index (κ1) is 12.0. The monoisotopic (exact) mass is 255 g/mol. The van der Waals surface area contributed by atoms with Gasteiger partial charge in [0, 0.05) is 6.54 Å². The molecule has 2 aliphatic rings. The first-order chi connectivity index (χ1) is 9.25. The van der Waals surface area contributed by atoms with Crippen molar-refractivity contribution in [2.45, 2.75) is 25.3 Å². The third-order valence-electron chi connectivity index (χ3n) is 3.83. The van der Waals surface area contributed by atoms with Gasteiger partial charge in [0.2, 0.25) is 0 Å². The average molecular weight is 255 g/mol. The Bertz CT molecular complexity index is 562. The molecule has 0 saturated carbocycles. The predicted molar refractivity (Wildman–Crippen MR) is 74.6 cm³/mol. The highest BCUT2D eigenvalue weighted by atomic mass is 16.1. The van der Waals surface area contributed by atoms with Gasteiger partial charge in [-0.3, -0.25) is 4.79 Å². The van der Waals surface area contributed by atoms with Crippen LogP contribution in [0.3, 0.4) is 0 Å². The van der Waals surface area contributed by atoms with E-state index in [1.54, 1.807) is 12.4 Å². The molecule has 0 bridgehead atoms. The van der Waals surface area contributed by atoms with E-state index in [1.807, 2.05) is 0 Å². The molecule has 0 aromatic heterocycles. The van der Waals surface area contributed by atoms with Crippen molar-refractivity contribution in [1.29, 1.82) is 0 Å². The van der Waals surface area contributed by atoms with Crippen LogP contribution < -0.4 is 5.73 Å². The second kappa shape index (κ2) is 4.88. The van der Waals surface area contributed by atoms with E-state index in [9.17, 15) is 4.79 Å². The Morgan fingerprint density at radius 1 is 1.37 bits per heavy atom. The molecule has 0 fully saturated rings. The first-order valence-corrected chi connectivity index (χ1v) is 6.63. The lowest BCUT2D eigenvalue weighted by Gasteiger charge is -2.35. The van der Waals surface area contributed by atoms with E-state index in [-0.39, 0.29) is 0 Å². The molecule has 4 nitrogen and oxygen atoms in total. The molecular weight excluding hydrogens is 238 g/mol. The molecule has 1 aromatic rings. The summed E-state index contributed by atoms with van der Waals surface area (Å²) >= 11 is 0. The van der Waals surface area contributed by atoms with E-state index in [0.717, 1.165) is 12.8 Å². The van der Waals surface area contributed by atoms with Crippen LogP contribution >= 0.6 is 0 Å². The number of fused-ring (bicyclic) bond motifs is 1. The van der Waals surface area contributed by atoms with Crippen LogP contribution in [0.4, 0.5) is 0 Å². The predicted octanol–water partition coefficient (Wildman–Crippen LogP) is 1.78. The molecule has 4 heteroatoms. The molecule has 1 heterocycles. The summed E-state index contributed by atoms with van der Waals surface area (Å²) in [7, 11) is 0. The normalized spacial score (nSPS) is 21.8. The quantitative estimate of drug-likeness (QED) is 0.875. The highest BCUT2D eigenvalue weighted by Crippen LogP contribution is 2.34. The summed E-state index contributed by atoms with van der Waals surface area (Å²) in [5.41, 5.74) is 8.40. The molecule has 0 radical (unpaired) electrons. The van der Waals surface area contributed by atoms with E-state index >= 15 is 0 Å². The van der Waals surface area contributed by atoms with E-state index in [1.165, 1.54) is 17.5 Å².